The number of anilines is 1. The van der Waals surface area contributed by atoms with Crippen LogP contribution in [0.3, 0.4) is 0 Å². The van der Waals surface area contributed by atoms with Gasteiger partial charge in [-0.1, -0.05) is 6.07 Å². The Labute approximate surface area is 139 Å². The van der Waals surface area contributed by atoms with Gasteiger partial charge < -0.3 is 9.64 Å². The van der Waals surface area contributed by atoms with Gasteiger partial charge in [0.2, 0.25) is 10.0 Å². The minimum atomic E-state index is -3.45. The molecule has 0 bridgehead atoms. The molecule has 0 aliphatic carbocycles. The zero-order valence-corrected chi connectivity index (χ0v) is 14.7. The van der Waals surface area contributed by atoms with Crippen LogP contribution < -0.4 is 9.62 Å². The van der Waals surface area contributed by atoms with Crippen molar-refractivity contribution in [3.63, 3.8) is 0 Å². The van der Waals surface area contributed by atoms with Crippen molar-refractivity contribution in [3.05, 3.63) is 23.8 Å². The Balaban J connectivity index is 1.71. The minimum Gasteiger partial charge on any atom is -0.378 e. The van der Waals surface area contributed by atoms with Gasteiger partial charge in [0.1, 0.15) is 0 Å². The number of nitrogens with one attached hydrogen (secondary N) is 1. The second-order valence-electron chi connectivity index (χ2n) is 6.74. The van der Waals surface area contributed by atoms with E-state index in [2.05, 4.69) is 9.62 Å². The van der Waals surface area contributed by atoms with Crippen molar-refractivity contribution in [2.45, 2.75) is 43.6 Å². The van der Waals surface area contributed by atoms with Crippen LogP contribution in [0, 0.1) is 5.92 Å². The summed E-state index contributed by atoms with van der Waals surface area (Å²) in [5.74, 6) is 0.355. The average molecular weight is 338 g/mol. The molecule has 2 aliphatic heterocycles. The number of ether oxygens (including phenoxy) is 1. The molecule has 1 aromatic rings. The van der Waals surface area contributed by atoms with Gasteiger partial charge in [-0.3, -0.25) is 0 Å². The lowest BCUT2D eigenvalue weighted by Crippen LogP contribution is -2.34. The molecule has 0 amide bonds. The number of aryl methyl sites for hydroxylation is 1. The van der Waals surface area contributed by atoms with Crippen LogP contribution in [0.2, 0.25) is 0 Å². The molecule has 0 saturated carbocycles. The van der Waals surface area contributed by atoms with Crippen molar-refractivity contribution in [1.29, 1.82) is 0 Å². The third-order valence-electron chi connectivity index (χ3n) is 4.87. The maximum absolute atomic E-state index is 12.6. The summed E-state index contributed by atoms with van der Waals surface area (Å²) >= 11 is 0. The van der Waals surface area contributed by atoms with E-state index in [4.69, 9.17) is 4.74 Å². The highest BCUT2D eigenvalue weighted by Crippen LogP contribution is 2.28. The van der Waals surface area contributed by atoms with Gasteiger partial charge in [-0.2, -0.15) is 0 Å². The lowest BCUT2D eigenvalue weighted by molar-refractivity contribution is 0.00397. The smallest absolute Gasteiger partial charge is 0.240 e. The molecule has 23 heavy (non-hydrogen) atoms. The van der Waals surface area contributed by atoms with Crippen molar-refractivity contribution >= 4 is 15.7 Å². The van der Waals surface area contributed by atoms with E-state index in [9.17, 15) is 8.42 Å². The number of sulfonamides is 1. The molecule has 0 aromatic heterocycles. The van der Waals surface area contributed by atoms with E-state index in [0.717, 1.165) is 44.5 Å². The van der Waals surface area contributed by atoms with E-state index in [-0.39, 0.29) is 6.10 Å². The summed E-state index contributed by atoms with van der Waals surface area (Å²) < 4.78 is 33.5. The van der Waals surface area contributed by atoms with Crippen molar-refractivity contribution in [2.75, 3.05) is 31.6 Å². The van der Waals surface area contributed by atoms with Crippen molar-refractivity contribution < 1.29 is 13.2 Å². The van der Waals surface area contributed by atoms with Crippen LogP contribution in [-0.2, 0) is 21.2 Å². The van der Waals surface area contributed by atoms with Gasteiger partial charge in [-0.05, 0) is 56.2 Å². The molecule has 2 heterocycles. The molecule has 128 valence electrons. The predicted octanol–water partition coefficient (Wildman–Crippen LogP) is 2.16. The summed E-state index contributed by atoms with van der Waals surface area (Å²) in [6.07, 6.45) is 4.19. The predicted molar refractivity (Wildman–Crippen MR) is 91.4 cm³/mol. The second-order valence-corrected chi connectivity index (χ2v) is 8.51. The quantitative estimate of drug-likeness (QED) is 0.914. The maximum Gasteiger partial charge on any atom is 0.240 e. The van der Waals surface area contributed by atoms with Crippen LogP contribution in [0.15, 0.2) is 23.1 Å². The average Bonchev–Trinajstić information content (AvgIpc) is 2.53. The summed E-state index contributed by atoms with van der Waals surface area (Å²) in [6, 6.07) is 5.49. The first-order valence-electron chi connectivity index (χ1n) is 8.41. The van der Waals surface area contributed by atoms with Gasteiger partial charge >= 0.3 is 0 Å². The fourth-order valence-electron chi connectivity index (χ4n) is 3.49. The van der Waals surface area contributed by atoms with Gasteiger partial charge in [0.05, 0.1) is 11.0 Å². The Morgan fingerprint density at radius 2 is 2.22 bits per heavy atom. The van der Waals surface area contributed by atoms with Crippen molar-refractivity contribution in [3.8, 4) is 0 Å². The normalized spacial score (nSPS) is 25.2. The van der Waals surface area contributed by atoms with E-state index < -0.39 is 10.0 Å². The van der Waals surface area contributed by atoms with E-state index in [1.807, 2.05) is 26.1 Å². The summed E-state index contributed by atoms with van der Waals surface area (Å²) in [4.78, 5) is 2.50. The number of hydrogen-bond acceptors (Lipinski definition) is 4. The maximum atomic E-state index is 12.6. The third-order valence-corrected chi connectivity index (χ3v) is 6.29. The third kappa shape index (κ3) is 3.87. The van der Waals surface area contributed by atoms with E-state index in [1.54, 1.807) is 6.07 Å². The van der Waals surface area contributed by atoms with Crippen molar-refractivity contribution in [1.82, 2.24) is 4.72 Å². The monoisotopic (exact) mass is 338 g/mol. The van der Waals surface area contributed by atoms with Crippen LogP contribution >= 0.6 is 0 Å². The van der Waals surface area contributed by atoms with Crippen LogP contribution in [0.4, 0.5) is 5.69 Å². The van der Waals surface area contributed by atoms with Gasteiger partial charge in [-0.25, -0.2) is 13.1 Å². The molecule has 1 saturated heterocycles. The molecule has 2 atom stereocenters. The van der Waals surface area contributed by atoms with Gasteiger partial charge in [-0.15, -0.1) is 0 Å². The largest absolute Gasteiger partial charge is 0.378 e. The molecule has 0 unspecified atom stereocenters. The number of rotatable bonds is 4. The first-order chi connectivity index (χ1) is 11.0. The minimum absolute atomic E-state index is 0.218. The molecule has 5 nitrogen and oxygen atoms in total. The van der Waals surface area contributed by atoms with Crippen LogP contribution in [-0.4, -0.2) is 41.3 Å². The summed E-state index contributed by atoms with van der Waals surface area (Å²) in [7, 11) is -1.43. The summed E-state index contributed by atoms with van der Waals surface area (Å²) in [6.45, 7) is 4.23. The van der Waals surface area contributed by atoms with Crippen LogP contribution in [0.1, 0.15) is 31.7 Å². The lowest BCUT2D eigenvalue weighted by Gasteiger charge is -2.28. The number of nitrogens with zero attached hydrogens (tertiary/aromatic N) is 1. The Morgan fingerprint density at radius 3 is 3.00 bits per heavy atom. The van der Waals surface area contributed by atoms with Gasteiger partial charge in [0, 0.05) is 32.4 Å². The number of hydrogen-bond donors (Lipinski definition) is 1. The summed E-state index contributed by atoms with van der Waals surface area (Å²) in [5.41, 5.74) is 2.27. The van der Waals surface area contributed by atoms with Crippen LogP contribution in [0.25, 0.3) is 0 Å². The van der Waals surface area contributed by atoms with Crippen molar-refractivity contribution in [2.24, 2.45) is 5.92 Å². The standard InChI is InChI=1S/C17H26N2O3S/c1-13-10-14(7-9-22-13)12-18-23(20,21)16-6-5-15-4-3-8-19(2)17(15)11-16/h5-6,11,13-14,18H,3-4,7-10,12H2,1-2H3/t13-,14-/m0/s1. The highest BCUT2D eigenvalue weighted by Gasteiger charge is 2.23. The molecule has 1 fully saturated rings. The van der Waals surface area contributed by atoms with E-state index >= 15 is 0 Å². The van der Waals surface area contributed by atoms with Gasteiger partial charge in [0.15, 0.2) is 0 Å². The Bertz CT molecular complexity index is 660. The Kier molecular flexibility index (Phi) is 4.94. The zero-order valence-electron chi connectivity index (χ0n) is 13.9. The first-order valence-corrected chi connectivity index (χ1v) is 9.89. The zero-order chi connectivity index (χ0) is 16.4. The molecule has 6 heteroatoms. The highest BCUT2D eigenvalue weighted by molar-refractivity contribution is 7.89. The molecule has 3 rings (SSSR count). The molecule has 0 radical (unpaired) electrons. The van der Waals surface area contributed by atoms with Crippen LogP contribution in [0.5, 0.6) is 0 Å². The summed E-state index contributed by atoms with van der Waals surface area (Å²) in [5, 5.41) is 0. The molecule has 1 N–H and O–H groups in total. The SMILES string of the molecule is C[C@H]1C[C@@H](CNS(=O)(=O)c2ccc3c(c2)N(C)CCC3)CCO1. The number of benzene rings is 1. The Hall–Kier alpha value is -1.11. The molecule has 2 aliphatic rings. The number of fused-ring (bicyclic) bond motifs is 1. The van der Waals surface area contributed by atoms with E-state index in [1.165, 1.54) is 5.56 Å². The molecule has 1 aromatic carbocycles. The first kappa shape index (κ1) is 16.7. The Morgan fingerprint density at radius 1 is 1.39 bits per heavy atom. The topological polar surface area (TPSA) is 58.6 Å². The fourth-order valence-corrected chi connectivity index (χ4v) is 4.63. The van der Waals surface area contributed by atoms with E-state index in [0.29, 0.717) is 17.4 Å². The molecular formula is C17H26N2O3S. The van der Waals surface area contributed by atoms with Gasteiger partial charge in [0.25, 0.3) is 0 Å². The fraction of sp³-hybridized carbons (Fsp3) is 0.647. The lowest BCUT2D eigenvalue weighted by atomic mass is 9.97. The highest BCUT2D eigenvalue weighted by atomic mass is 32.2. The molecule has 0 spiro atoms. The second kappa shape index (κ2) is 6.79. The molecular weight excluding hydrogens is 312 g/mol.